The van der Waals surface area contributed by atoms with Gasteiger partial charge in [0.05, 0.1) is 14.2 Å². The Hall–Kier alpha value is -1.60. The number of hydrogen-bond acceptors (Lipinski definition) is 5. The fourth-order valence-electron chi connectivity index (χ4n) is 1.73. The van der Waals surface area contributed by atoms with Crippen LogP contribution in [0.15, 0.2) is 17.0 Å². The minimum Gasteiger partial charge on any atom is -0.493 e. The largest absolute Gasteiger partial charge is 0.493 e. The molecule has 7 heteroatoms. The molecule has 0 fully saturated rings. The number of urea groups is 1. The molecule has 0 aromatic heterocycles. The molecule has 2 amide bonds. The van der Waals surface area contributed by atoms with Crippen molar-refractivity contribution >= 4 is 17.8 Å². The van der Waals surface area contributed by atoms with Crippen LogP contribution in [-0.2, 0) is 6.54 Å². The Morgan fingerprint density at radius 2 is 1.90 bits per heavy atom. The minimum atomic E-state index is -0.511. The third-order valence-corrected chi connectivity index (χ3v) is 3.52. The van der Waals surface area contributed by atoms with Crippen molar-refractivity contribution < 1.29 is 14.3 Å². The lowest BCUT2D eigenvalue weighted by molar-refractivity contribution is 0.249. The Bertz CT molecular complexity index is 455. The van der Waals surface area contributed by atoms with E-state index in [-0.39, 0.29) is 0 Å². The van der Waals surface area contributed by atoms with Gasteiger partial charge in [0.15, 0.2) is 11.5 Å². The van der Waals surface area contributed by atoms with Gasteiger partial charge in [-0.1, -0.05) is 0 Å². The number of nitrogens with two attached hydrogens (primary N) is 1. The molecule has 1 aromatic carbocycles. The first kappa shape index (κ1) is 16.5. The van der Waals surface area contributed by atoms with Crippen molar-refractivity contribution in [3.63, 3.8) is 0 Å². The summed E-state index contributed by atoms with van der Waals surface area (Å²) in [6.45, 7) is 1.82. The van der Waals surface area contributed by atoms with Gasteiger partial charge in [0.1, 0.15) is 0 Å². The molecule has 0 aliphatic rings. The lowest BCUT2D eigenvalue weighted by atomic mass is 10.2. The van der Waals surface area contributed by atoms with Crippen molar-refractivity contribution in [2.45, 2.75) is 11.4 Å². The summed E-state index contributed by atoms with van der Waals surface area (Å²) >= 11 is 1.65. The fraction of sp³-hybridized carbons (Fsp3) is 0.462. The number of carbonyl (C=O) groups excluding carboxylic acids is 1. The van der Waals surface area contributed by atoms with Gasteiger partial charge in [-0.3, -0.25) is 0 Å². The molecule has 4 N–H and O–H groups in total. The molecule has 0 spiro atoms. The second kappa shape index (κ2) is 8.55. The van der Waals surface area contributed by atoms with E-state index in [2.05, 4.69) is 10.6 Å². The highest BCUT2D eigenvalue weighted by Crippen LogP contribution is 2.34. The zero-order valence-corrected chi connectivity index (χ0v) is 12.8. The maximum absolute atomic E-state index is 10.5. The van der Waals surface area contributed by atoms with E-state index in [4.69, 9.17) is 15.2 Å². The van der Waals surface area contributed by atoms with Gasteiger partial charge in [0.2, 0.25) is 0 Å². The van der Waals surface area contributed by atoms with Crippen LogP contribution < -0.4 is 25.8 Å². The Balaban J connectivity index is 2.66. The lowest BCUT2D eigenvalue weighted by Crippen LogP contribution is -2.35. The highest BCUT2D eigenvalue weighted by Gasteiger charge is 2.10. The molecule has 6 nitrogen and oxygen atoms in total. The van der Waals surface area contributed by atoms with E-state index in [9.17, 15) is 4.79 Å². The van der Waals surface area contributed by atoms with Gasteiger partial charge in [-0.25, -0.2) is 4.79 Å². The SMILES string of the molecule is COc1cc(CNCCNC(N)=O)c(SC)cc1OC. The van der Waals surface area contributed by atoms with Crippen molar-refractivity contribution in [1.29, 1.82) is 0 Å². The summed E-state index contributed by atoms with van der Waals surface area (Å²) < 4.78 is 10.6. The Kier molecular flexibility index (Phi) is 7.03. The van der Waals surface area contributed by atoms with Crippen LogP contribution in [0.1, 0.15) is 5.56 Å². The van der Waals surface area contributed by atoms with E-state index in [1.54, 1.807) is 26.0 Å². The van der Waals surface area contributed by atoms with Crippen molar-refractivity contribution in [1.82, 2.24) is 10.6 Å². The van der Waals surface area contributed by atoms with Gasteiger partial charge in [-0.2, -0.15) is 0 Å². The standard InChI is InChI=1S/C13H21N3O3S/c1-18-10-6-9(8-15-4-5-16-13(14)17)12(20-3)7-11(10)19-2/h6-7,15H,4-5,8H2,1-3H3,(H3,14,16,17). The second-order valence-electron chi connectivity index (χ2n) is 3.99. The summed E-state index contributed by atoms with van der Waals surface area (Å²) in [6, 6.07) is 3.41. The molecular formula is C13H21N3O3S. The molecule has 0 radical (unpaired) electrons. The number of benzene rings is 1. The molecule has 0 aliphatic heterocycles. The monoisotopic (exact) mass is 299 g/mol. The molecule has 0 heterocycles. The van der Waals surface area contributed by atoms with E-state index < -0.39 is 6.03 Å². The first-order valence-corrected chi connectivity index (χ1v) is 7.37. The van der Waals surface area contributed by atoms with Crippen LogP contribution in [0.4, 0.5) is 4.79 Å². The topological polar surface area (TPSA) is 85.6 Å². The van der Waals surface area contributed by atoms with E-state index in [1.807, 2.05) is 18.4 Å². The molecule has 1 aromatic rings. The van der Waals surface area contributed by atoms with Crippen LogP contribution in [0.5, 0.6) is 11.5 Å². The van der Waals surface area contributed by atoms with Crippen molar-refractivity contribution in [3.05, 3.63) is 17.7 Å². The lowest BCUT2D eigenvalue weighted by Gasteiger charge is -2.14. The minimum absolute atomic E-state index is 0.497. The predicted octanol–water partition coefficient (Wildman–Crippen LogP) is 1.18. The van der Waals surface area contributed by atoms with Gasteiger partial charge in [0, 0.05) is 24.5 Å². The fourth-order valence-corrected chi connectivity index (χ4v) is 2.35. The second-order valence-corrected chi connectivity index (χ2v) is 4.83. The van der Waals surface area contributed by atoms with Gasteiger partial charge in [0.25, 0.3) is 0 Å². The first-order valence-electron chi connectivity index (χ1n) is 6.15. The average Bonchev–Trinajstić information content (AvgIpc) is 2.45. The van der Waals surface area contributed by atoms with E-state index in [1.165, 1.54) is 0 Å². The summed E-state index contributed by atoms with van der Waals surface area (Å²) in [5.74, 6) is 1.42. The maximum Gasteiger partial charge on any atom is 0.312 e. The maximum atomic E-state index is 10.5. The highest BCUT2D eigenvalue weighted by molar-refractivity contribution is 7.98. The number of ether oxygens (including phenoxy) is 2. The summed E-state index contributed by atoms with van der Waals surface area (Å²) in [4.78, 5) is 11.7. The number of nitrogens with one attached hydrogen (secondary N) is 2. The van der Waals surface area contributed by atoms with Gasteiger partial charge < -0.3 is 25.8 Å². The summed E-state index contributed by atoms with van der Waals surface area (Å²) in [5.41, 5.74) is 6.11. The summed E-state index contributed by atoms with van der Waals surface area (Å²) in [7, 11) is 3.24. The van der Waals surface area contributed by atoms with E-state index in [0.717, 1.165) is 16.2 Å². The van der Waals surface area contributed by atoms with Crippen LogP contribution in [0.2, 0.25) is 0 Å². The normalized spacial score (nSPS) is 10.2. The van der Waals surface area contributed by atoms with Crippen molar-refractivity contribution in [2.75, 3.05) is 33.6 Å². The van der Waals surface area contributed by atoms with Gasteiger partial charge in [-0.15, -0.1) is 11.8 Å². The zero-order valence-electron chi connectivity index (χ0n) is 12.0. The van der Waals surface area contributed by atoms with Gasteiger partial charge >= 0.3 is 6.03 Å². The third-order valence-electron chi connectivity index (χ3n) is 2.70. The number of thioether (sulfide) groups is 1. The Morgan fingerprint density at radius 3 is 2.45 bits per heavy atom. The average molecular weight is 299 g/mol. The Labute approximate surface area is 123 Å². The predicted molar refractivity (Wildman–Crippen MR) is 80.6 cm³/mol. The van der Waals surface area contributed by atoms with Gasteiger partial charge in [-0.05, 0) is 24.0 Å². The van der Waals surface area contributed by atoms with Crippen molar-refractivity contribution in [2.24, 2.45) is 5.73 Å². The molecule has 1 rings (SSSR count). The number of hydrogen-bond donors (Lipinski definition) is 3. The molecule has 0 unspecified atom stereocenters. The zero-order chi connectivity index (χ0) is 15.0. The molecule has 0 saturated heterocycles. The highest BCUT2D eigenvalue weighted by atomic mass is 32.2. The first-order chi connectivity index (χ1) is 9.62. The summed E-state index contributed by atoms with van der Waals surface area (Å²) in [5, 5.41) is 5.77. The van der Waals surface area contributed by atoms with Crippen LogP contribution in [0.25, 0.3) is 0 Å². The van der Waals surface area contributed by atoms with Crippen LogP contribution in [0, 0.1) is 0 Å². The van der Waals surface area contributed by atoms with E-state index >= 15 is 0 Å². The number of carbonyl (C=O) groups is 1. The quantitative estimate of drug-likeness (QED) is 0.496. The number of amides is 2. The van der Waals surface area contributed by atoms with Crippen LogP contribution >= 0.6 is 11.8 Å². The molecule has 0 bridgehead atoms. The number of rotatable bonds is 8. The summed E-state index contributed by atoms with van der Waals surface area (Å²) in [6.07, 6.45) is 2.01. The molecular weight excluding hydrogens is 278 g/mol. The number of methoxy groups -OCH3 is 2. The molecule has 0 atom stereocenters. The van der Waals surface area contributed by atoms with Crippen molar-refractivity contribution in [3.8, 4) is 11.5 Å². The number of primary amides is 1. The van der Waals surface area contributed by atoms with Crippen LogP contribution in [0.3, 0.4) is 0 Å². The van der Waals surface area contributed by atoms with Crippen LogP contribution in [-0.4, -0.2) is 39.6 Å². The molecule has 0 aliphatic carbocycles. The van der Waals surface area contributed by atoms with E-state index in [0.29, 0.717) is 25.4 Å². The molecule has 20 heavy (non-hydrogen) atoms. The molecule has 112 valence electrons. The Morgan fingerprint density at radius 1 is 1.25 bits per heavy atom. The smallest absolute Gasteiger partial charge is 0.312 e. The third kappa shape index (κ3) is 4.82. The molecule has 0 saturated carbocycles.